The van der Waals surface area contributed by atoms with E-state index in [1.165, 1.54) is 16.8 Å². The summed E-state index contributed by atoms with van der Waals surface area (Å²) >= 11 is 0. The molecule has 134 valence electrons. The Morgan fingerprint density at radius 3 is 2.64 bits per heavy atom. The Balaban J connectivity index is 1.55. The lowest BCUT2D eigenvalue weighted by molar-refractivity contribution is 0.189. The fourth-order valence-corrected chi connectivity index (χ4v) is 4.05. The molecule has 2 aliphatic rings. The van der Waals surface area contributed by atoms with Crippen LogP contribution in [0.5, 0.6) is 0 Å². The van der Waals surface area contributed by atoms with E-state index in [4.69, 9.17) is 5.11 Å². The summed E-state index contributed by atoms with van der Waals surface area (Å²) in [7, 11) is 0. The van der Waals surface area contributed by atoms with E-state index in [1.807, 2.05) is 0 Å². The van der Waals surface area contributed by atoms with Gasteiger partial charge in [0.2, 0.25) is 0 Å². The van der Waals surface area contributed by atoms with E-state index >= 15 is 0 Å². The van der Waals surface area contributed by atoms with Gasteiger partial charge in [0.25, 0.3) is 0 Å². The van der Waals surface area contributed by atoms with Gasteiger partial charge in [-0.25, -0.2) is 9.97 Å². The number of hydrogen-bond acceptors (Lipinski definition) is 6. The van der Waals surface area contributed by atoms with E-state index in [0.29, 0.717) is 5.92 Å². The topological polar surface area (TPSA) is 64.5 Å². The van der Waals surface area contributed by atoms with Gasteiger partial charge >= 0.3 is 0 Å². The second-order valence-corrected chi connectivity index (χ2v) is 7.04. The van der Waals surface area contributed by atoms with Gasteiger partial charge in [-0.05, 0) is 44.1 Å². The third-order valence-electron chi connectivity index (χ3n) is 5.53. The van der Waals surface area contributed by atoms with Gasteiger partial charge in [0.1, 0.15) is 6.33 Å². The Bertz CT molecular complexity index is 708. The largest absolute Gasteiger partial charge is 0.395 e. The molecule has 4 rings (SSSR count). The normalized spacial score (nSPS) is 20.3. The van der Waals surface area contributed by atoms with Crippen LogP contribution >= 0.6 is 0 Å². The number of rotatable bonds is 4. The molecule has 3 heterocycles. The van der Waals surface area contributed by atoms with Crippen LogP contribution in [0.1, 0.15) is 24.5 Å². The number of aliphatic hydroxyl groups is 1. The monoisotopic (exact) mass is 341 g/mol. The van der Waals surface area contributed by atoms with Crippen molar-refractivity contribution in [3.8, 4) is 0 Å². The van der Waals surface area contributed by atoms with Crippen molar-refractivity contribution in [2.24, 2.45) is 0 Å². The highest BCUT2D eigenvalue weighted by atomic mass is 16.3. The summed E-state index contributed by atoms with van der Waals surface area (Å²) in [5.74, 6) is 0.541. The Labute approximate surface area is 148 Å². The van der Waals surface area contributed by atoms with E-state index in [9.17, 15) is 0 Å². The summed E-state index contributed by atoms with van der Waals surface area (Å²) < 4.78 is 0. The van der Waals surface area contributed by atoms with Crippen LogP contribution in [0.3, 0.4) is 0 Å². The fourth-order valence-electron chi connectivity index (χ4n) is 4.05. The number of aliphatic hydroxyl groups excluding tert-OH is 1. The van der Waals surface area contributed by atoms with Crippen molar-refractivity contribution in [3.63, 3.8) is 0 Å². The van der Waals surface area contributed by atoms with Crippen molar-refractivity contribution in [1.82, 2.24) is 20.2 Å². The maximum absolute atomic E-state index is 9.08. The van der Waals surface area contributed by atoms with Crippen LogP contribution in [0.2, 0.25) is 0 Å². The summed E-state index contributed by atoms with van der Waals surface area (Å²) in [4.78, 5) is 13.9. The number of fused-ring (bicyclic) bond motifs is 1. The van der Waals surface area contributed by atoms with E-state index in [0.717, 1.165) is 64.2 Å². The van der Waals surface area contributed by atoms with Crippen LogP contribution in [0, 0.1) is 0 Å². The minimum atomic E-state index is 0.242. The lowest BCUT2D eigenvalue weighted by atomic mass is 9.92. The number of hydrogen-bond donors (Lipinski definition) is 2. The number of nitrogens with zero attached hydrogens (tertiary/aromatic N) is 4. The van der Waals surface area contributed by atoms with Gasteiger partial charge in [0.15, 0.2) is 0 Å². The molecule has 6 heteroatoms. The van der Waals surface area contributed by atoms with Crippen LogP contribution in [-0.4, -0.2) is 72.4 Å². The summed E-state index contributed by atoms with van der Waals surface area (Å²) in [5, 5.41) is 13.7. The number of β-amino-alcohol motifs (C(OH)–C–C–N with tert-alkyl or cyclic N) is 1. The first-order chi connectivity index (χ1) is 12.3. The van der Waals surface area contributed by atoms with Gasteiger partial charge in [-0.2, -0.15) is 0 Å². The van der Waals surface area contributed by atoms with E-state index in [-0.39, 0.29) is 6.61 Å². The molecule has 2 aliphatic heterocycles. The zero-order valence-electron chi connectivity index (χ0n) is 14.7. The second kappa shape index (κ2) is 7.64. The lowest BCUT2D eigenvalue weighted by Crippen LogP contribution is -2.47. The number of piperidine rings is 1. The Kier molecular flexibility index (Phi) is 5.10. The molecule has 0 unspecified atom stereocenters. The second-order valence-electron chi connectivity index (χ2n) is 7.04. The van der Waals surface area contributed by atoms with Crippen molar-refractivity contribution in [2.45, 2.75) is 18.8 Å². The smallest absolute Gasteiger partial charge is 0.116 e. The molecule has 25 heavy (non-hydrogen) atoms. The Morgan fingerprint density at radius 2 is 1.88 bits per heavy atom. The van der Waals surface area contributed by atoms with Gasteiger partial charge in [-0.15, -0.1) is 0 Å². The van der Waals surface area contributed by atoms with Crippen LogP contribution in [0.25, 0.3) is 10.9 Å². The van der Waals surface area contributed by atoms with Gasteiger partial charge in [0, 0.05) is 49.7 Å². The van der Waals surface area contributed by atoms with Crippen molar-refractivity contribution >= 4 is 16.6 Å². The number of nitrogens with one attached hydrogen (secondary N) is 1. The minimum Gasteiger partial charge on any atom is -0.395 e. The zero-order chi connectivity index (χ0) is 17.1. The third-order valence-corrected chi connectivity index (χ3v) is 5.53. The molecule has 2 aromatic rings. The number of benzene rings is 1. The van der Waals surface area contributed by atoms with Gasteiger partial charge in [-0.3, -0.25) is 4.90 Å². The van der Waals surface area contributed by atoms with Crippen LogP contribution in [0.4, 0.5) is 5.69 Å². The highest BCUT2D eigenvalue weighted by molar-refractivity contribution is 5.84. The van der Waals surface area contributed by atoms with E-state index in [1.54, 1.807) is 6.33 Å². The third kappa shape index (κ3) is 3.61. The van der Waals surface area contributed by atoms with Crippen molar-refractivity contribution in [1.29, 1.82) is 0 Å². The fraction of sp³-hybridized carbons (Fsp3) is 0.579. The molecule has 1 aromatic heterocycles. The van der Waals surface area contributed by atoms with Crippen molar-refractivity contribution < 1.29 is 5.11 Å². The Hall–Kier alpha value is -1.76. The van der Waals surface area contributed by atoms with E-state index < -0.39 is 0 Å². The first-order valence-electron chi connectivity index (χ1n) is 9.38. The summed E-state index contributed by atoms with van der Waals surface area (Å²) in [5.41, 5.74) is 3.51. The molecule has 6 nitrogen and oxygen atoms in total. The molecule has 0 amide bonds. The first kappa shape index (κ1) is 16.7. The summed E-state index contributed by atoms with van der Waals surface area (Å²) in [6, 6.07) is 6.64. The molecular weight excluding hydrogens is 314 g/mol. The Morgan fingerprint density at radius 1 is 1.08 bits per heavy atom. The van der Waals surface area contributed by atoms with Gasteiger partial charge < -0.3 is 15.3 Å². The highest BCUT2D eigenvalue weighted by Crippen LogP contribution is 2.30. The molecule has 0 saturated carbocycles. The zero-order valence-corrected chi connectivity index (χ0v) is 14.7. The predicted molar refractivity (Wildman–Crippen MR) is 100 cm³/mol. The average Bonchev–Trinajstić information content (AvgIpc) is 2.69. The average molecular weight is 341 g/mol. The predicted octanol–water partition coefficient (Wildman–Crippen LogP) is 1.21. The minimum absolute atomic E-state index is 0.242. The maximum Gasteiger partial charge on any atom is 0.116 e. The molecule has 0 aliphatic carbocycles. The highest BCUT2D eigenvalue weighted by Gasteiger charge is 2.21. The maximum atomic E-state index is 9.08. The quantitative estimate of drug-likeness (QED) is 0.872. The molecule has 2 saturated heterocycles. The summed E-state index contributed by atoms with van der Waals surface area (Å²) in [6.45, 7) is 7.17. The standard InChI is InChI=1S/C19H27N5O/c25-12-11-23-7-9-24(10-8-23)16-1-2-17-18(13-16)21-14-22-19(17)15-3-5-20-6-4-15/h1-2,13-15,20,25H,3-12H2. The number of anilines is 1. The van der Waals surface area contributed by atoms with E-state index in [2.05, 4.69) is 43.3 Å². The molecule has 2 fully saturated rings. The van der Waals surface area contributed by atoms with Gasteiger partial charge in [0.05, 0.1) is 17.8 Å². The number of piperazine rings is 1. The molecule has 2 N–H and O–H groups in total. The SMILES string of the molecule is OCCN1CCN(c2ccc3c(C4CCNCC4)ncnc3c2)CC1. The molecule has 1 aromatic carbocycles. The number of aromatic nitrogens is 2. The van der Waals surface area contributed by atoms with Gasteiger partial charge in [-0.1, -0.05) is 0 Å². The van der Waals surface area contributed by atoms with Crippen molar-refractivity contribution in [2.75, 3.05) is 57.3 Å². The molecule has 0 atom stereocenters. The molecule has 0 spiro atoms. The molecule has 0 radical (unpaired) electrons. The summed E-state index contributed by atoms with van der Waals surface area (Å²) in [6.07, 6.45) is 4.03. The first-order valence-corrected chi connectivity index (χ1v) is 9.38. The van der Waals surface area contributed by atoms with Crippen LogP contribution < -0.4 is 10.2 Å². The van der Waals surface area contributed by atoms with Crippen LogP contribution in [0.15, 0.2) is 24.5 Å². The molecular formula is C19H27N5O. The lowest BCUT2D eigenvalue weighted by Gasteiger charge is -2.35. The molecule has 0 bridgehead atoms. The van der Waals surface area contributed by atoms with Crippen LogP contribution in [-0.2, 0) is 0 Å². The van der Waals surface area contributed by atoms with Crippen molar-refractivity contribution in [3.05, 3.63) is 30.2 Å².